The van der Waals surface area contributed by atoms with Gasteiger partial charge in [0.2, 0.25) is 0 Å². The number of hydrogen-bond donors (Lipinski definition) is 1. The topological polar surface area (TPSA) is 38.3 Å². The molecule has 0 saturated heterocycles. The van der Waals surface area contributed by atoms with Crippen molar-refractivity contribution in [3.05, 3.63) is 29.6 Å². The maximum absolute atomic E-state index is 13.5. The largest absolute Gasteiger partial charge is 0.494 e. The Kier molecular flexibility index (Phi) is 6.09. The predicted octanol–water partition coefficient (Wildman–Crippen LogP) is 3.22. The van der Waals surface area contributed by atoms with Crippen molar-refractivity contribution in [1.82, 2.24) is 5.32 Å². The molecule has 0 fully saturated rings. The highest BCUT2D eigenvalue weighted by Crippen LogP contribution is 2.18. The van der Waals surface area contributed by atoms with Crippen LogP contribution in [0.25, 0.3) is 0 Å². The molecule has 0 bridgehead atoms. The molecular weight excluding hydrogens is 269 g/mol. The van der Waals surface area contributed by atoms with Gasteiger partial charge in [-0.1, -0.05) is 13.8 Å². The van der Waals surface area contributed by atoms with Crippen LogP contribution in [0.4, 0.5) is 4.39 Å². The first kappa shape index (κ1) is 15.8. The first-order valence-electron chi connectivity index (χ1n) is 6.18. The van der Waals surface area contributed by atoms with Gasteiger partial charge in [0, 0.05) is 17.5 Å². The lowest BCUT2D eigenvalue weighted by Crippen LogP contribution is -2.37. The minimum atomic E-state index is -0.554. The van der Waals surface area contributed by atoms with Crippen LogP contribution in [-0.2, 0) is 0 Å². The molecule has 1 aromatic rings. The summed E-state index contributed by atoms with van der Waals surface area (Å²) in [5.74, 6) is 0.00121. The van der Waals surface area contributed by atoms with Crippen LogP contribution in [0.2, 0.25) is 0 Å². The molecular formula is C14H19ClFNO2. The van der Waals surface area contributed by atoms with E-state index in [1.165, 1.54) is 19.2 Å². The van der Waals surface area contributed by atoms with Gasteiger partial charge in [-0.25, -0.2) is 4.39 Å². The van der Waals surface area contributed by atoms with Crippen LogP contribution in [0.3, 0.4) is 0 Å². The van der Waals surface area contributed by atoms with Crippen LogP contribution < -0.4 is 10.1 Å². The molecule has 0 aliphatic heterocycles. The first-order valence-corrected chi connectivity index (χ1v) is 6.71. The molecule has 0 aliphatic rings. The summed E-state index contributed by atoms with van der Waals surface area (Å²) in [6, 6.07) is 4.01. The van der Waals surface area contributed by atoms with Gasteiger partial charge < -0.3 is 10.1 Å². The number of rotatable bonds is 6. The fourth-order valence-electron chi connectivity index (χ4n) is 1.81. The maximum atomic E-state index is 13.5. The number of halogens is 2. The molecule has 0 saturated carbocycles. The monoisotopic (exact) mass is 287 g/mol. The van der Waals surface area contributed by atoms with Crippen LogP contribution in [0.5, 0.6) is 5.75 Å². The molecule has 0 radical (unpaired) electrons. The number of alkyl halides is 1. The Morgan fingerprint density at radius 1 is 1.47 bits per heavy atom. The number of methoxy groups -OCH3 is 1. The number of carbonyl (C=O) groups excluding carboxylic acids is 1. The Morgan fingerprint density at radius 2 is 2.16 bits per heavy atom. The fraction of sp³-hybridized carbons (Fsp3) is 0.500. The van der Waals surface area contributed by atoms with Gasteiger partial charge in [0.15, 0.2) is 11.6 Å². The standard InChI is InChI=1S/C14H19ClFNO2/c1-9(2)6-11(8-15)17-14(18)10-4-5-13(19-3)12(16)7-10/h4-5,7,9,11H,6,8H2,1-3H3,(H,17,18). The van der Waals surface area contributed by atoms with Crippen LogP contribution in [-0.4, -0.2) is 24.9 Å². The van der Waals surface area contributed by atoms with Crippen molar-refractivity contribution in [2.45, 2.75) is 26.3 Å². The zero-order chi connectivity index (χ0) is 14.4. The third-order valence-electron chi connectivity index (χ3n) is 2.69. The highest BCUT2D eigenvalue weighted by atomic mass is 35.5. The van der Waals surface area contributed by atoms with Gasteiger partial charge in [0.25, 0.3) is 5.91 Å². The summed E-state index contributed by atoms with van der Waals surface area (Å²) in [6.07, 6.45) is 0.786. The lowest BCUT2D eigenvalue weighted by atomic mass is 10.0. The van der Waals surface area contributed by atoms with Gasteiger partial charge in [0.05, 0.1) is 7.11 Å². The molecule has 1 amide bonds. The van der Waals surface area contributed by atoms with Crippen molar-refractivity contribution < 1.29 is 13.9 Å². The molecule has 0 spiro atoms. The third-order valence-corrected chi connectivity index (χ3v) is 3.06. The third kappa shape index (κ3) is 4.71. The minimum Gasteiger partial charge on any atom is -0.494 e. The Morgan fingerprint density at radius 3 is 2.63 bits per heavy atom. The Labute approximate surface area is 118 Å². The van der Waals surface area contributed by atoms with Crippen LogP contribution in [0, 0.1) is 11.7 Å². The summed E-state index contributed by atoms with van der Waals surface area (Å²) in [4.78, 5) is 12.0. The number of hydrogen-bond acceptors (Lipinski definition) is 2. The highest BCUT2D eigenvalue weighted by molar-refractivity contribution is 6.18. The average molecular weight is 288 g/mol. The molecule has 1 rings (SSSR count). The number of benzene rings is 1. The van der Waals surface area contributed by atoms with Crippen LogP contribution in [0.1, 0.15) is 30.6 Å². The Hall–Kier alpha value is -1.29. The second-order valence-corrected chi connectivity index (χ2v) is 5.11. The van der Waals surface area contributed by atoms with E-state index in [1.54, 1.807) is 0 Å². The lowest BCUT2D eigenvalue weighted by molar-refractivity contribution is 0.0936. The molecule has 1 N–H and O–H groups in total. The van der Waals surface area contributed by atoms with Gasteiger partial charge >= 0.3 is 0 Å². The van der Waals surface area contributed by atoms with Crippen LogP contribution >= 0.6 is 11.6 Å². The van der Waals surface area contributed by atoms with Crippen molar-refractivity contribution in [2.24, 2.45) is 5.92 Å². The van der Waals surface area contributed by atoms with E-state index < -0.39 is 5.82 Å². The molecule has 0 heterocycles. The van der Waals surface area contributed by atoms with E-state index in [2.05, 4.69) is 19.2 Å². The molecule has 19 heavy (non-hydrogen) atoms. The zero-order valence-corrected chi connectivity index (χ0v) is 12.1. The average Bonchev–Trinajstić information content (AvgIpc) is 2.37. The first-order chi connectivity index (χ1) is 8.97. The lowest BCUT2D eigenvalue weighted by Gasteiger charge is -2.18. The molecule has 3 nitrogen and oxygen atoms in total. The second kappa shape index (κ2) is 7.34. The molecule has 1 unspecified atom stereocenters. The van der Waals surface area contributed by atoms with Crippen LogP contribution in [0.15, 0.2) is 18.2 Å². The van der Waals surface area contributed by atoms with E-state index in [0.717, 1.165) is 12.5 Å². The van der Waals surface area contributed by atoms with Crippen molar-refractivity contribution in [1.29, 1.82) is 0 Å². The summed E-state index contributed by atoms with van der Waals surface area (Å²) in [5, 5.41) is 2.80. The SMILES string of the molecule is COc1ccc(C(=O)NC(CCl)CC(C)C)cc1F. The van der Waals surface area contributed by atoms with E-state index in [9.17, 15) is 9.18 Å². The van der Waals surface area contributed by atoms with Crippen molar-refractivity contribution in [3.63, 3.8) is 0 Å². The molecule has 5 heteroatoms. The fourth-order valence-corrected chi connectivity index (χ4v) is 2.01. The Balaban J connectivity index is 2.74. The van der Waals surface area contributed by atoms with E-state index in [0.29, 0.717) is 11.8 Å². The van der Waals surface area contributed by atoms with Gasteiger partial charge in [-0.15, -0.1) is 11.6 Å². The zero-order valence-electron chi connectivity index (χ0n) is 11.4. The highest BCUT2D eigenvalue weighted by Gasteiger charge is 2.15. The molecule has 0 aliphatic carbocycles. The minimum absolute atomic E-state index is 0.112. The number of nitrogens with one attached hydrogen (secondary N) is 1. The smallest absolute Gasteiger partial charge is 0.251 e. The van der Waals surface area contributed by atoms with Crippen molar-refractivity contribution in [2.75, 3.05) is 13.0 Å². The van der Waals surface area contributed by atoms with Gasteiger partial charge in [-0.05, 0) is 30.5 Å². The second-order valence-electron chi connectivity index (χ2n) is 4.80. The van der Waals surface area contributed by atoms with E-state index >= 15 is 0 Å². The maximum Gasteiger partial charge on any atom is 0.251 e. The summed E-state index contributed by atoms with van der Waals surface area (Å²) in [7, 11) is 1.38. The predicted molar refractivity (Wildman–Crippen MR) is 74.4 cm³/mol. The molecule has 106 valence electrons. The van der Waals surface area contributed by atoms with E-state index in [4.69, 9.17) is 16.3 Å². The van der Waals surface area contributed by atoms with Crippen molar-refractivity contribution >= 4 is 17.5 Å². The Bertz CT molecular complexity index is 437. The number of carbonyl (C=O) groups is 1. The van der Waals surface area contributed by atoms with E-state index in [1.807, 2.05) is 0 Å². The molecule has 1 atom stereocenters. The number of amides is 1. The normalized spacial score (nSPS) is 12.3. The summed E-state index contributed by atoms with van der Waals surface area (Å²) < 4.78 is 18.3. The van der Waals surface area contributed by atoms with Gasteiger partial charge in [0.1, 0.15) is 0 Å². The summed E-state index contributed by atoms with van der Waals surface area (Å²) in [5.41, 5.74) is 0.261. The van der Waals surface area contributed by atoms with Crippen molar-refractivity contribution in [3.8, 4) is 5.75 Å². The van der Waals surface area contributed by atoms with Gasteiger partial charge in [-0.2, -0.15) is 0 Å². The summed E-state index contributed by atoms with van der Waals surface area (Å²) >= 11 is 5.81. The van der Waals surface area contributed by atoms with E-state index in [-0.39, 0.29) is 23.3 Å². The molecule has 0 aromatic heterocycles. The van der Waals surface area contributed by atoms with Gasteiger partial charge in [-0.3, -0.25) is 4.79 Å². The summed E-state index contributed by atoms with van der Waals surface area (Å²) in [6.45, 7) is 4.11. The quantitative estimate of drug-likeness (QED) is 0.816. The molecule has 1 aromatic carbocycles. The number of ether oxygens (including phenoxy) is 1.